The van der Waals surface area contributed by atoms with Gasteiger partial charge >= 0.3 is 12.0 Å². The molecule has 0 radical (unpaired) electrons. The van der Waals surface area contributed by atoms with Gasteiger partial charge in [0.15, 0.2) is 0 Å². The largest absolute Gasteiger partial charge is 0.464 e. The van der Waals surface area contributed by atoms with Gasteiger partial charge in [-0.25, -0.2) is 4.79 Å². The molecule has 2 rings (SSSR count). The molecule has 0 saturated carbocycles. The maximum absolute atomic E-state index is 12.3. The Hall–Kier alpha value is -2.63. The highest BCUT2D eigenvalue weighted by Gasteiger charge is 2.13. The standard InChI is InChI=1S/C17H22N4O2/c1-6-23-17-18-12(4)15(13(5)19-17)21-16(22)20-14-9-7-8-10(2)11(14)3/h7-9H,6H2,1-5H3,(H2,20,21,22). The Morgan fingerprint density at radius 2 is 1.74 bits per heavy atom. The Balaban J connectivity index is 2.16. The third-order valence-electron chi connectivity index (χ3n) is 3.62. The van der Waals surface area contributed by atoms with Gasteiger partial charge in [-0.05, 0) is 51.8 Å². The Bertz CT molecular complexity index is 706. The first-order valence-corrected chi connectivity index (χ1v) is 7.54. The summed E-state index contributed by atoms with van der Waals surface area (Å²) in [6.45, 7) is 9.97. The number of ether oxygens (including phenoxy) is 1. The van der Waals surface area contributed by atoms with Gasteiger partial charge in [-0.1, -0.05) is 12.1 Å². The lowest BCUT2D eigenvalue weighted by Gasteiger charge is -2.14. The fourth-order valence-electron chi connectivity index (χ4n) is 2.21. The number of nitrogens with zero attached hydrogens (tertiary/aromatic N) is 2. The summed E-state index contributed by atoms with van der Waals surface area (Å²) in [6, 6.07) is 5.79. The van der Waals surface area contributed by atoms with Crippen molar-refractivity contribution in [3.05, 3.63) is 40.7 Å². The molecule has 0 aliphatic carbocycles. The molecule has 2 amide bonds. The summed E-state index contributed by atoms with van der Waals surface area (Å²) in [7, 11) is 0. The summed E-state index contributed by atoms with van der Waals surface area (Å²) in [5.41, 5.74) is 4.87. The van der Waals surface area contributed by atoms with Crippen molar-refractivity contribution in [1.29, 1.82) is 0 Å². The lowest BCUT2D eigenvalue weighted by atomic mass is 10.1. The first-order chi connectivity index (χ1) is 10.9. The molecule has 0 saturated heterocycles. The van der Waals surface area contributed by atoms with E-state index >= 15 is 0 Å². The van der Waals surface area contributed by atoms with E-state index in [2.05, 4.69) is 20.6 Å². The molecule has 2 aromatic rings. The third-order valence-corrected chi connectivity index (χ3v) is 3.62. The monoisotopic (exact) mass is 314 g/mol. The van der Waals surface area contributed by atoms with Crippen LogP contribution < -0.4 is 15.4 Å². The van der Waals surface area contributed by atoms with Crippen molar-refractivity contribution >= 4 is 17.4 Å². The zero-order chi connectivity index (χ0) is 17.0. The number of benzene rings is 1. The number of carbonyl (C=O) groups is 1. The Morgan fingerprint density at radius 1 is 1.09 bits per heavy atom. The Kier molecular flexibility index (Phi) is 5.16. The topological polar surface area (TPSA) is 76.1 Å². The molecule has 2 N–H and O–H groups in total. The lowest BCUT2D eigenvalue weighted by molar-refractivity contribution is 0.262. The van der Waals surface area contributed by atoms with Crippen LogP contribution in [0, 0.1) is 27.7 Å². The first-order valence-electron chi connectivity index (χ1n) is 7.54. The highest BCUT2D eigenvalue weighted by atomic mass is 16.5. The van der Waals surface area contributed by atoms with Gasteiger partial charge in [-0.2, -0.15) is 9.97 Å². The number of urea groups is 1. The summed E-state index contributed by atoms with van der Waals surface area (Å²) in [5, 5.41) is 5.67. The van der Waals surface area contributed by atoms with Crippen molar-refractivity contribution in [3.8, 4) is 6.01 Å². The highest BCUT2D eigenvalue weighted by Crippen LogP contribution is 2.21. The number of nitrogens with one attached hydrogen (secondary N) is 2. The number of amides is 2. The van der Waals surface area contributed by atoms with E-state index in [1.165, 1.54) is 0 Å². The first kappa shape index (κ1) is 16.7. The van der Waals surface area contributed by atoms with E-state index in [4.69, 9.17) is 4.74 Å². The molecule has 1 aromatic heterocycles. The van der Waals surface area contributed by atoms with E-state index < -0.39 is 0 Å². The SMILES string of the molecule is CCOc1nc(C)c(NC(=O)Nc2cccc(C)c2C)c(C)n1. The van der Waals surface area contributed by atoms with Crippen LogP contribution in [0.1, 0.15) is 29.4 Å². The minimum atomic E-state index is -0.322. The molecule has 0 fully saturated rings. The van der Waals surface area contributed by atoms with Crippen molar-refractivity contribution in [2.24, 2.45) is 0 Å². The van der Waals surface area contributed by atoms with Gasteiger partial charge in [0.05, 0.1) is 23.7 Å². The van der Waals surface area contributed by atoms with Crippen LogP contribution in [0.3, 0.4) is 0 Å². The second-order valence-electron chi connectivity index (χ2n) is 5.31. The van der Waals surface area contributed by atoms with Crippen LogP contribution in [0.15, 0.2) is 18.2 Å². The molecule has 23 heavy (non-hydrogen) atoms. The molecule has 0 unspecified atom stereocenters. The van der Waals surface area contributed by atoms with E-state index in [9.17, 15) is 4.79 Å². The number of carbonyl (C=O) groups excluding carboxylic acids is 1. The van der Waals surface area contributed by atoms with Crippen LogP contribution in [0.5, 0.6) is 6.01 Å². The van der Waals surface area contributed by atoms with Crippen LogP contribution in [0.25, 0.3) is 0 Å². The van der Waals surface area contributed by atoms with Crippen molar-refractivity contribution in [2.45, 2.75) is 34.6 Å². The summed E-state index contributed by atoms with van der Waals surface area (Å²) in [5.74, 6) is 0. The van der Waals surface area contributed by atoms with E-state index in [0.717, 1.165) is 16.8 Å². The highest BCUT2D eigenvalue weighted by molar-refractivity contribution is 6.00. The average molecular weight is 314 g/mol. The van der Waals surface area contributed by atoms with E-state index in [1.807, 2.05) is 52.8 Å². The maximum Gasteiger partial charge on any atom is 0.323 e. The van der Waals surface area contributed by atoms with Crippen LogP contribution in [-0.4, -0.2) is 22.6 Å². The lowest BCUT2D eigenvalue weighted by Crippen LogP contribution is -2.22. The van der Waals surface area contributed by atoms with E-state index in [-0.39, 0.29) is 6.03 Å². The average Bonchev–Trinajstić information content (AvgIpc) is 2.48. The van der Waals surface area contributed by atoms with Gasteiger partial charge in [0.2, 0.25) is 0 Å². The second kappa shape index (κ2) is 7.09. The Labute approximate surface area is 136 Å². The number of hydrogen-bond donors (Lipinski definition) is 2. The van der Waals surface area contributed by atoms with Crippen LogP contribution in [-0.2, 0) is 0 Å². The molecule has 0 aliphatic rings. The maximum atomic E-state index is 12.3. The van der Waals surface area contributed by atoms with Gasteiger partial charge < -0.3 is 15.4 Å². The quantitative estimate of drug-likeness (QED) is 0.901. The molecular weight excluding hydrogens is 292 g/mol. The van der Waals surface area contributed by atoms with Crippen molar-refractivity contribution in [3.63, 3.8) is 0 Å². The zero-order valence-electron chi connectivity index (χ0n) is 14.2. The van der Waals surface area contributed by atoms with Gasteiger partial charge in [0.1, 0.15) is 0 Å². The molecule has 0 spiro atoms. The van der Waals surface area contributed by atoms with E-state index in [1.54, 1.807) is 0 Å². The van der Waals surface area contributed by atoms with E-state index in [0.29, 0.717) is 29.7 Å². The number of rotatable bonds is 4. The number of anilines is 2. The summed E-state index contributed by atoms with van der Waals surface area (Å²) in [4.78, 5) is 20.7. The molecule has 6 nitrogen and oxygen atoms in total. The molecule has 6 heteroatoms. The number of hydrogen-bond acceptors (Lipinski definition) is 4. The van der Waals surface area contributed by atoms with Gasteiger partial charge in [-0.15, -0.1) is 0 Å². The second-order valence-corrected chi connectivity index (χ2v) is 5.31. The molecule has 0 atom stereocenters. The molecular formula is C17H22N4O2. The van der Waals surface area contributed by atoms with Gasteiger partial charge in [-0.3, -0.25) is 0 Å². The molecule has 1 aromatic carbocycles. The van der Waals surface area contributed by atoms with Crippen molar-refractivity contribution in [2.75, 3.05) is 17.2 Å². The predicted octanol–water partition coefficient (Wildman–Crippen LogP) is 3.75. The molecule has 0 aliphatic heterocycles. The molecule has 0 bridgehead atoms. The predicted molar refractivity (Wildman–Crippen MR) is 91.2 cm³/mol. The molecule has 1 heterocycles. The van der Waals surface area contributed by atoms with Crippen LogP contribution in [0.2, 0.25) is 0 Å². The number of aromatic nitrogens is 2. The van der Waals surface area contributed by atoms with Gasteiger partial charge in [0.25, 0.3) is 0 Å². The van der Waals surface area contributed by atoms with Gasteiger partial charge in [0, 0.05) is 5.69 Å². The molecule has 122 valence electrons. The summed E-state index contributed by atoms with van der Waals surface area (Å²) < 4.78 is 5.30. The summed E-state index contributed by atoms with van der Waals surface area (Å²) >= 11 is 0. The summed E-state index contributed by atoms with van der Waals surface area (Å²) in [6.07, 6.45) is 0. The minimum absolute atomic E-state index is 0.322. The third kappa shape index (κ3) is 3.97. The Morgan fingerprint density at radius 3 is 2.35 bits per heavy atom. The van der Waals surface area contributed by atoms with Crippen molar-refractivity contribution < 1.29 is 9.53 Å². The van der Waals surface area contributed by atoms with Crippen LogP contribution in [0.4, 0.5) is 16.2 Å². The number of aryl methyl sites for hydroxylation is 3. The fourth-order valence-corrected chi connectivity index (χ4v) is 2.21. The normalized spacial score (nSPS) is 10.3. The smallest absolute Gasteiger partial charge is 0.323 e. The van der Waals surface area contributed by atoms with Crippen LogP contribution >= 0.6 is 0 Å². The minimum Gasteiger partial charge on any atom is -0.464 e. The van der Waals surface area contributed by atoms with Crippen molar-refractivity contribution in [1.82, 2.24) is 9.97 Å². The zero-order valence-corrected chi connectivity index (χ0v) is 14.2. The fraction of sp³-hybridized carbons (Fsp3) is 0.353.